The van der Waals surface area contributed by atoms with Gasteiger partial charge in [-0.2, -0.15) is 5.26 Å². The molecule has 7 heteroatoms. The van der Waals surface area contributed by atoms with Crippen molar-refractivity contribution in [2.75, 3.05) is 25.0 Å². The number of hydrogen-bond donors (Lipinski definition) is 1. The fraction of sp³-hybridized carbons (Fsp3) is 0.350. The van der Waals surface area contributed by atoms with E-state index in [1.807, 2.05) is 30.3 Å². The molecular weight excluding hydrogens is 344 g/mol. The normalized spacial score (nSPS) is 13.4. The molecular formula is C20H22N4O3. The number of likely N-dealkylation sites (tertiary alicyclic amines) is 1. The summed E-state index contributed by atoms with van der Waals surface area (Å²) in [6.45, 7) is 3.71. The second-order valence-corrected chi connectivity index (χ2v) is 6.27. The number of urea groups is 1. The number of pyridine rings is 1. The number of anilines is 1. The molecule has 1 fully saturated rings. The van der Waals surface area contributed by atoms with E-state index in [4.69, 9.17) is 14.7 Å². The molecule has 7 nitrogen and oxygen atoms in total. The highest BCUT2D eigenvalue weighted by Gasteiger charge is 2.33. The van der Waals surface area contributed by atoms with Crippen LogP contribution in [0.2, 0.25) is 0 Å². The SMILES string of the molecule is CCCCOc1ccc(NC(=O)N2CC(Oc3ncccc3C#N)C2)cc1. The largest absolute Gasteiger partial charge is 0.494 e. The minimum atomic E-state index is -0.184. The Morgan fingerprint density at radius 1 is 1.33 bits per heavy atom. The zero-order valence-electron chi connectivity index (χ0n) is 15.2. The Balaban J connectivity index is 1.44. The van der Waals surface area contributed by atoms with Crippen LogP contribution in [0.3, 0.4) is 0 Å². The van der Waals surface area contributed by atoms with Crippen molar-refractivity contribution in [1.82, 2.24) is 9.88 Å². The van der Waals surface area contributed by atoms with Crippen LogP contribution in [0.1, 0.15) is 25.3 Å². The first-order valence-electron chi connectivity index (χ1n) is 9.00. The lowest BCUT2D eigenvalue weighted by molar-refractivity contribution is 0.0459. The number of carbonyl (C=O) groups excluding carboxylic acids is 1. The standard InChI is InChI=1S/C20H22N4O3/c1-2-3-11-26-17-8-6-16(7-9-17)23-20(25)24-13-18(14-24)27-19-15(12-21)5-4-10-22-19/h4-10,18H,2-3,11,13-14H2,1H3,(H,23,25). The van der Waals surface area contributed by atoms with Crippen molar-refractivity contribution in [2.24, 2.45) is 0 Å². The number of carbonyl (C=O) groups is 1. The number of benzene rings is 1. The number of rotatable bonds is 7. The van der Waals surface area contributed by atoms with E-state index in [2.05, 4.69) is 17.2 Å². The Bertz CT molecular complexity index is 811. The number of nitrogens with one attached hydrogen (secondary N) is 1. The van der Waals surface area contributed by atoms with E-state index < -0.39 is 0 Å². The van der Waals surface area contributed by atoms with Crippen molar-refractivity contribution in [3.05, 3.63) is 48.2 Å². The highest BCUT2D eigenvalue weighted by Crippen LogP contribution is 2.21. The number of unbranched alkanes of at least 4 members (excludes halogenated alkanes) is 1. The molecule has 1 saturated heterocycles. The second kappa shape index (κ2) is 8.90. The number of hydrogen-bond acceptors (Lipinski definition) is 5. The number of nitriles is 1. The zero-order chi connectivity index (χ0) is 19.1. The molecule has 0 aliphatic carbocycles. The van der Waals surface area contributed by atoms with Crippen LogP contribution in [0.25, 0.3) is 0 Å². The van der Waals surface area contributed by atoms with Gasteiger partial charge < -0.3 is 19.7 Å². The lowest BCUT2D eigenvalue weighted by atomic mass is 10.2. The summed E-state index contributed by atoms with van der Waals surface area (Å²) in [5.74, 6) is 1.10. The van der Waals surface area contributed by atoms with Crippen LogP contribution in [0.4, 0.5) is 10.5 Å². The molecule has 0 bridgehead atoms. The van der Waals surface area contributed by atoms with Crippen LogP contribution in [0, 0.1) is 11.3 Å². The maximum Gasteiger partial charge on any atom is 0.322 e. The van der Waals surface area contributed by atoms with E-state index in [0.717, 1.165) is 18.6 Å². The van der Waals surface area contributed by atoms with E-state index >= 15 is 0 Å². The molecule has 0 spiro atoms. The molecule has 0 radical (unpaired) electrons. The third-order valence-electron chi connectivity index (χ3n) is 4.18. The summed E-state index contributed by atoms with van der Waals surface area (Å²) < 4.78 is 11.3. The van der Waals surface area contributed by atoms with Gasteiger partial charge in [-0.25, -0.2) is 9.78 Å². The maximum atomic E-state index is 12.3. The Morgan fingerprint density at radius 2 is 2.11 bits per heavy atom. The fourth-order valence-corrected chi connectivity index (χ4v) is 2.58. The molecule has 1 aromatic heterocycles. The van der Waals surface area contributed by atoms with Crippen LogP contribution in [0.15, 0.2) is 42.6 Å². The van der Waals surface area contributed by atoms with E-state index in [-0.39, 0.29) is 12.1 Å². The Labute approximate surface area is 158 Å². The molecule has 2 amide bonds. The predicted molar refractivity (Wildman–Crippen MR) is 101 cm³/mol. The summed E-state index contributed by atoms with van der Waals surface area (Å²) in [5, 5.41) is 11.9. The van der Waals surface area contributed by atoms with Crippen molar-refractivity contribution >= 4 is 11.7 Å². The lowest BCUT2D eigenvalue weighted by Crippen LogP contribution is -2.57. The molecule has 0 unspecified atom stereocenters. The minimum absolute atomic E-state index is 0.160. The smallest absolute Gasteiger partial charge is 0.322 e. The summed E-state index contributed by atoms with van der Waals surface area (Å²) in [4.78, 5) is 18.0. The van der Waals surface area contributed by atoms with Gasteiger partial charge in [0.1, 0.15) is 23.5 Å². The molecule has 2 aromatic rings. The molecule has 2 heterocycles. The Kier molecular flexibility index (Phi) is 6.10. The van der Waals surface area contributed by atoms with Gasteiger partial charge in [0.15, 0.2) is 0 Å². The first kappa shape index (κ1) is 18.5. The predicted octanol–water partition coefficient (Wildman–Crippen LogP) is 3.43. The third-order valence-corrected chi connectivity index (χ3v) is 4.18. The van der Waals surface area contributed by atoms with Crippen LogP contribution < -0.4 is 14.8 Å². The van der Waals surface area contributed by atoms with Gasteiger partial charge >= 0.3 is 6.03 Å². The second-order valence-electron chi connectivity index (χ2n) is 6.27. The number of ether oxygens (including phenoxy) is 2. The van der Waals surface area contributed by atoms with Crippen LogP contribution in [-0.4, -0.2) is 41.7 Å². The monoisotopic (exact) mass is 366 g/mol. The first-order valence-corrected chi connectivity index (χ1v) is 9.00. The van der Waals surface area contributed by atoms with Gasteiger partial charge in [-0.15, -0.1) is 0 Å². The van der Waals surface area contributed by atoms with Crippen LogP contribution in [0.5, 0.6) is 11.6 Å². The molecule has 1 aliphatic rings. The Morgan fingerprint density at radius 3 is 2.81 bits per heavy atom. The minimum Gasteiger partial charge on any atom is -0.494 e. The molecule has 27 heavy (non-hydrogen) atoms. The molecule has 0 saturated carbocycles. The van der Waals surface area contributed by atoms with Crippen molar-refractivity contribution in [3.63, 3.8) is 0 Å². The number of nitrogens with zero attached hydrogens (tertiary/aromatic N) is 3. The average Bonchev–Trinajstić information content (AvgIpc) is 2.66. The van der Waals surface area contributed by atoms with Crippen molar-refractivity contribution < 1.29 is 14.3 Å². The number of amides is 2. The zero-order valence-corrected chi connectivity index (χ0v) is 15.2. The van der Waals surface area contributed by atoms with Gasteiger partial charge in [-0.3, -0.25) is 0 Å². The van der Waals surface area contributed by atoms with Gasteiger partial charge in [0, 0.05) is 11.9 Å². The first-order chi connectivity index (χ1) is 13.2. The Hall–Kier alpha value is -3.27. The maximum absolute atomic E-state index is 12.3. The molecule has 1 N–H and O–H groups in total. The van der Waals surface area contributed by atoms with Gasteiger partial charge in [-0.05, 0) is 42.8 Å². The summed E-state index contributed by atoms with van der Waals surface area (Å²) >= 11 is 0. The average molecular weight is 366 g/mol. The van der Waals surface area contributed by atoms with Gasteiger partial charge in [0.2, 0.25) is 5.88 Å². The molecule has 140 valence electrons. The summed E-state index contributed by atoms with van der Waals surface area (Å²) in [6, 6.07) is 12.5. The lowest BCUT2D eigenvalue weighted by Gasteiger charge is -2.38. The van der Waals surface area contributed by atoms with Crippen molar-refractivity contribution in [1.29, 1.82) is 5.26 Å². The molecule has 1 aliphatic heterocycles. The molecule has 3 rings (SSSR count). The molecule has 1 aromatic carbocycles. The highest BCUT2D eigenvalue weighted by molar-refractivity contribution is 5.90. The van der Waals surface area contributed by atoms with Crippen molar-refractivity contribution in [2.45, 2.75) is 25.9 Å². The number of aromatic nitrogens is 1. The van der Waals surface area contributed by atoms with E-state index in [1.54, 1.807) is 23.2 Å². The molecule has 0 atom stereocenters. The summed E-state index contributed by atoms with van der Waals surface area (Å²) in [6.07, 6.45) is 3.53. The van der Waals surface area contributed by atoms with Crippen LogP contribution in [-0.2, 0) is 0 Å². The van der Waals surface area contributed by atoms with E-state index in [0.29, 0.717) is 36.8 Å². The highest BCUT2D eigenvalue weighted by atomic mass is 16.5. The van der Waals surface area contributed by atoms with E-state index in [1.165, 1.54) is 0 Å². The summed E-state index contributed by atoms with van der Waals surface area (Å²) in [5.41, 5.74) is 1.10. The topological polar surface area (TPSA) is 87.5 Å². The van der Waals surface area contributed by atoms with Gasteiger partial charge in [0.25, 0.3) is 0 Å². The van der Waals surface area contributed by atoms with Gasteiger partial charge in [-0.1, -0.05) is 13.3 Å². The van der Waals surface area contributed by atoms with Gasteiger partial charge in [0.05, 0.1) is 19.7 Å². The summed E-state index contributed by atoms with van der Waals surface area (Å²) in [7, 11) is 0. The van der Waals surface area contributed by atoms with Crippen LogP contribution >= 0.6 is 0 Å². The fourth-order valence-electron chi connectivity index (χ4n) is 2.58. The van der Waals surface area contributed by atoms with E-state index in [9.17, 15) is 4.79 Å². The third kappa shape index (κ3) is 4.88. The quantitative estimate of drug-likeness (QED) is 0.759. The van der Waals surface area contributed by atoms with Crippen molar-refractivity contribution in [3.8, 4) is 17.7 Å².